The van der Waals surface area contributed by atoms with Crippen LogP contribution in [0.2, 0.25) is 0 Å². The Bertz CT molecular complexity index is 766. The second kappa shape index (κ2) is 7.39. The molecule has 0 heterocycles. The average molecular weight is 332 g/mol. The van der Waals surface area contributed by atoms with Crippen molar-refractivity contribution >= 4 is 21.6 Å². The summed E-state index contributed by atoms with van der Waals surface area (Å²) in [7, 11) is -3.75. The van der Waals surface area contributed by atoms with Crippen molar-refractivity contribution in [1.29, 1.82) is 0 Å². The first kappa shape index (κ1) is 17.2. The van der Waals surface area contributed by atoms with E-state index in [4.69, 9.17) is 5.14 Å². The minimum atomic E-state index is -3.75. The number of primary sulfonamides is 1. The molecule has 0 aliphatic heterocycles. The Morgan fingerprint density at radius 2 is 1.65 bits per heavy atom. The molecule has 0 aliphatic carbocycles. The van der Waals surface area contributed by atoms with Crippen molar-refractivity contribution in [2.75, 3.05) is 5.32 Å². The summed E-state index contributed by atoms with van der Waals surface area (Å²) in [4.78, 5) is 12.1. The predicted molar refractivity (Wildman–Crippen MR) is 90.8 cm³/mol. The van der Waals surface area contributed by atoms with Gasteiger partial charge in [-0.3, -0.25) is 4.79 Å². The zero-order valence-corrected chi connectivity index (χ0v) is 13.8. The van der Waals surface area contributed by atoms with Gasteiger partial charge in [-0.25, -0.2) is 13.6 Å². The van der Waals surface area contributed by atoms with Gasteiger partial charge in [0.05, 0.1) is 4.90 Å². The van der Waals surface area contributed by atoms with Crippen LogP contribution < -0.4 is 10.5 Å². The highest BCUT2D eigenvalue weighted by molar-refractivity contribution is 7.89. The molecule has 2 aromatic carbocycles. The number of carbonyl (C=O) groups is 1. The summed E-state index contributed by atoms with van der Waals surface area (Å²) in [5, 5.41) is 7.81. The molecule has 0 spiro atoms. The van der Waals surface area contributed by atoms with Crippen molar-refractivity contribution in [3.05, 3.63) is 59.7 Å². The number of rotatable bonds is 6. The van der Waals surface area contributed by atoms with E-state index in [0.717, 1.165) is 19.3 Å². The van der Waals surface area contributed by atoms with Gasteiger partial charge in [-0.15, -0.1) is 0 Å². The smallest absolute Gasteiger partial charge is 0.255 e. The van der Waals surface area contributed by atoms with Gasteiger partial charge in [-0.05, 0) is 54.8 Å². The maximum absolute atomic E-state index is 12.1. The number of hydrogen-bond donors (Lipinski definition) is 2. The summed E-state index contributed by atoms with van der Waals surface area (Å²) in [6.45, 7) is 2.15. The SMILES string of the molecule is CCCCc1ccc(NC(=O)c2ccc(S(N)(=O)=O)cc2)cc1. The van der Waals surface area contributed by atoms with Crippen molar-refractivity contribution in [2.24, 2.45) is 5.14 Å². The molecule has 6 heteroatoms. The maximum Gasteiger partial charge on any atom is 0.255 e. The number of nitrogens with one attached hydrogen (secondary N) is 1. The van der Waals surface area contributed by atoms with Crippen LogP contribution in [0.25, 0.3) is 0 Å². The lowest BCUT2D eigenvalue weighted by Gasteiger charge is -2.07. The third-order valence-electron chi connectivity index (χ3n) is 3.48. The molecular weight excluding hydrogens is 312 g/mol. The number of benzene rings is 2. The quantitative estimate of drug-likeness (QED) is 0.852. The molecule has 0 aromatic heterocycles. The Balaban J connectivity index is 2.04. The van der Waals surface area contributed by atoms with Crippen LogP contribution in [0.15, 0.2) is 53.4 Å². The first-order valence-electron chi connectivity index (χ1n) is 7.43. The third kappa shape index (κ3) is 4.91. The minimum absolute atomic E-state index is 0.0191. The van der Waals surface area contributed by atoms with Gasteiger partial charge in [0, 0.05) is 11.3 Å². The highest BCUT2D eigenvalue weighted by Crippen LogP contribution is 2.14. The summed E-state index contributed by atoms with van der Waals surface area (Å²) in [5.41, 5.74) is 2.31. The Hall–Kier alpha value is -2.18. The Labute approximate surface area is 136 Å². The lowest BCUT2D eigenvalue weighted by atomic mass is 10.1. The van der Waals surface area contributed by atoms with Crippen LogP contribution in [0.4, 0.5) is 5.69 Å². The van der Waals surface area contributed by atoms with Crippen LogP contribution in [-0.4, -0.2) is 14.3 Å². The molecule has 23 heavy (non-hydrogen) atoms. The Kier molecular flexibility index (Phi) is 5.52. The van der Waals surface area contributed by atoms with Crippen LogP contribution in [0.1, 0.15) is 35.7 Å². The zero-order valence-electron chi connectivity index (χ0n) is 13.0. The van der Waals surface area contributed by atoms with Crippen LogP contribution in [0, 0.1) is 0 Å². The van der Waals surface area contributed by atoms with Crippen molar-refractivity contribution in [1.82, 2.24) is 0 Å². The van der Waals surface area contributed by atoms with Crippen LogP contribution in [0.5, 0.6) is 0 Å². The van der Waals surface area contributed by atoms with Crippen LogP contribution >= 0.6 is 0 Å². The molecule has 1 amide bonds. The standard InChI is InChI=1S/C17H20N2O3S/c1-2-3-4-13-5-9-15(10-6-13)19-17(20)14-7-11-16(12-8-14)23(18,21)22/h5-12H,2-4H2,1H3,(H,19,20)(H2,18,21,22). The first-order chi connectivity index (χ1) is 10.9. The number of anilines is 1. The van der Waals surface area contributed by atoms with Gasteiger partial charge in [-0.2, -0.15) is 0 Å². The lowest BCUT2D eigenvalue weighted by Crippen LogP contribution is -2.14. The Morgan fingerprint density at radius 3 is 2.17 bits per heavy atom. The summed E-state index contributed by atoms with van der Waals surface area (Å²) in [5.74, 6) is -0.299. The Morgan fingerprint density at radius 1 is 1.04 bits per heavy atom. The second-order valence-electron chi connectivity index (χ2n) is 5.32. The van der Waals surface area contributed by atoms with Gasteiger partial charge in [0.15, 0.2) is 0 Å². The van der Waals surface area contributed by atoms with Gasteiger partial charge in [-0.1, -0.05) is 25.5 Å². The van der Waals surface area contributed by atoms with E-state index in [-0.39, 0.29) is 10.8 Å². The zero-order chi connectivity index (χ0) is 16.9. The number of aryl methyl sites for hydroxylation is 1. The molecule has 0 aliphatic rings. The minimum Gasteiger partial charge on any atom is -0.322 e. The summed E-state index contributed by atoms with van der Waals surface area (Å²) in [6.07, 6.45) is 3.31. The molecule has 0 saturated heterocycles. The molecule has 2 rings (SSSR count). The van der Waals surface area contributed by atoms with Gasteiger partial charge < -0.3 is 5.32 Å². The highest BCUT2D eigenvalue weighted by atomic mass is 32.2. The number of amides is 1. The molecule has 0 bridgehead atoms. The number of sulfonamides is 1. The van der Waals surface area contributed by atoms with E-state index < -0.39 is 10.0 Å². The molecule has 3 N–H and O–H groups in total. The molecule has 122 valence electrons. The van der Waals surface area contributed by atoms with E-state index in [0.29, 0.717) is 11.3 Å². The molecule has 2 aromatic rings. The average Bonchev–Trinajstić information content (AvgIpc) is 2.53. The maximum atomic E-state index is 12.1. The highest BCUT2D eigenvalue weighted by Gasteiger charge is 2.10. The third-order valence-corrected chi connectivity index (χ3v) is 4.41. The van der Waals surface area contributed by atoms with E-state index >= 15 is 0 Å². The van der Waals surface area contributed by atoms with Crippen LogP contribution in [0.3, 0.4) is 0 Å². The molecular formula is C17H20N2O3S. The predicted octanol–water partition coefficient (Wildman–Crippen LogP) is 2.93. The van der Waals surface area contributed by atoms with Gasteiger partial charge in [0.25, 0.3) is 5.91 Å². The van der Waals surface area contributed by atoms with Crippen molar-refractivity contribution < 1.29 is 13.2 Å². The number of carbonyl (C=O) groups excluding carboxylic acids is 1. The molecule has 0 atom stereocenters. The van der Waals surface area contributed by atoms with Gasteiger partial charge in [0.2, 0.25) is 10.0 Å². The van der Waals surface area contributed by atoms with Gasteiger partial charge in [0.1, 0.15) is 0 Å². The monoisotopic (exact) mass is 332 g/mol. The fourth-order valence-electron chi connectivity index (χ4n) is 2.13. The largest absolute Gasteiger partial charge is 0.322 e. The van der Waals surface area contributed by atoms with Crippen LogP contribution in [-0.2, 0) is 16.4 Å². The summed E-state index contributed by atoms with van der Waals surface area (Å²) < 4.78 is 22.4. The first-order valence-corrected chi connectivity index (χ1v) is 8.98. The van der Waals surface area contributed by atoms with Crippen molar-refractivity contribution in [3.8, 4) is 0 Å². The molecule has 0 radical (unpaired) electrons. The molecule has 5 nitrogen and oxygen atoms in total. The normalized spacial score (nSPS) is 11.2. The molecule has 0 saturated carbocycles. The van der Waals surface area contributed by atoms with E-state index in [9.17, 15) is 13.2 Å². The van der Waals surface area contributed by atoms with Crippen molar-refractivity contribution in [3.63, 3.8) is 0 Å². The number of unbranched alkanes of at least 4 members (excludes halogenated alkanes) is 1. The summed E-state index contributed by atoms with van der Waals surface area (Å²) in [6, 6.07) is 13.2. The van der Waals surface area contributed by atoms with E-state index in [1.54, 1.807) is 0 Å². The van der Waals surface area contributed by atoms with E-state index in [1.807, 2.05) is 24.3 Å². The lowest BCUT2D eigenvalue weighted by molar-refractivity contribution is 0.102. The topological polar surface area (TPSA) is 89.3 Å². The second-order valence-corrected chi connectivity index (χ2v) is 6.89. The van der Waals surface area contributed by atoms with Gasteiger partial charge >= 0.3 is 0 Å². The van der Waals surface area contributed by atoms with E-state index in [1.165, 1.54) is 29.8 Å². The molecule has 0 fully saturated rings. The van der Waals surface area contributed by atoms with Crippen molar-refractivity contribution in [2.45, 2.75) is 31.1 Å². The fraction of sp³-hybridized carbons (Fsp3) is 0.235. The fourth-order valence-corrected chi connectivity index (χ4v) is 2.65. The number of nitrogens with two attached hydrogens (primary N) is 1. The van der Waals surface area contributed by atoms with E-state index in [2.05, 4.69) is 12.2 Å². The number of hydrogen-bond acceptors (Lipinski definition) is 3. The molecule has 0 unspecified atom stereocenters. The summed E-state index contributed by atoms with van der Waals surface area (Å²) >= 11 is 0.